The molecule has 144 valence electrons. The Labute approximate surface area is 166 Å². The summed E-state index contributed by atoms with van der Waals surface area (Å²) >= 11 is 0. The highest BCUT2D eigenvalue weighted by Crippen LogP contribution is 2.41. The number of halogens is 1. The summed E-state index contributed by atoms with van der Waals surface area (Å²) in [5.74, 6) is -0.416. The molecule has 1 saturated carbocycles. The van der Waals surface area contributed by atoms with Crippen molar-refractivity contribution in [3.63, 3.8) is 0 Å². The molecule has 1 amide bonds. The zero-order valence-corrected chi connectivity index (χ0v) is 15.8. The number of carbonyl (C=O) groups excluding carboxylic acids is 1. The second kappa shape index (κ2) is 6.81. The van der Waals surface area contributed by atoms with E-state index in [9.17, 15) is 9.18 Å². The molecule has 0 unspecified atom stereocenters. The Hall–Kier alpha value is -3.54. The van der Waals surface area contributed by atoms with Crippen molar-refractivity contribution in [3.8, 4) is 11.3 Å². The molecule has 0 atom stereocenters. The Morgan fingerprint density at radius 3 is 2.66 bits per heavy atom. The molecule has 2 heterocycles. The molecule has 1 N–H and O–H groups in total. The van der Waals surface area contributed by atoms with E-state index in [1.165, 1.54) is 12.1 Å². The zero-order chi connectivity index (χ0) is 20.0. The maximum Gasteiger partial charge on any atom is 0.259 e. The van der Waals surface area contributed by atoms with E-state index in [1.54, 1.807) is 12.1 Å². The summed E-state index contributed by atoms with van der Waals surface area (Å²) in [5, 5.41) is 7.54. The second-order valence-corrected chi connectivity index (χ2v) is 7.41. The molecule has 5 nitrogen and oxygen atoms in total. The standard InChI is InChI=1S/C23H18FN3O2/c1-13-5-7-15(8-6-13)21-20-18(22(28)25-17-4-2-3-16(24)11-17)12-19(14-9-10-14)26-23(20)29-27-21/h2-8,11-12,14H,9-10H2,1H3,(H,25,28). The summed E-state index contributed by atoms with van der Waals surface area (Å²) in [5.41, 5.74) is 4.52. The number of fused-ring (bicyclic) bond motifs is 1. The van der Waals surface area contributed by atoms with Crippen molar-refractivity contribution >= 4 is 22.7 Å². The first-order chi connectivity index (χ1) is 14.1. The molecule has 0 saturated heterocycles. The van der Waals surface area contributed by atoms with Crippen LogP contribution in [0.2, 0.25) is 0 Å². The highest BCUT2D eigenvalue weighted by molar-refractivity contribution is 6.14. The molecule has 0 spiro atoms. The monoisotopic (exact) mass is 387 g/mol. The van der Waals surface area contributed by atoms with Gasteiger partial charge >= 0.3 is 0 Å². The van der Waals surface area contributed by atoms with Gasteiger partial charge in [-0.2, -0.15) is 0 Å². The quantitative estimate of drug-likeness (QED) is 0.504. The Kier molecular flexibility index (Phi) is 4.12. The van der Waals surface area contributed by atoms with Crippen LogP contribution in [0.4, 0.5) is 10.1 Å². The third-order valence-corrected chi connectivity index (χ3v) is 5.11. The van der Waals surface area contributed by atoms with Gasteiger partial charge in [-0.15, -0.1) is 0 Å². The van der Waals surface area contributed by atoms with Gasteiger partial charge in [0.2, 0.25) is 0 Å². The number of carbonyl (C=O) groups is 1. The highest BCUT2D eigenvalue weighted by Gasteiger charge is 2.29. The van der Waals surface area contributed by atoms with Crippen molar-refractivity contribution < 1.29 is 13.7 Å². The fraction of sp³-hybridized carbons (Fsp3) is 0.174. The van der Waals surface area contributed by atoms with Gasteiger partial charge in [-0.3, -0.25) is 4.79 Å². The average Bonchev–Trinajstić information content (AvgIpc) is 3.47. The SMILES string of the molecule is Cc1ccc(-c2noc3nc(C4CC4)cc(C(=O)Nc4cccc(F)c4)c23)cc1. The van der Waals surface area contributed by atoms with Crippen LogP contribution in [0.3, 0.4) is 0 Å². The Balaban J connectivity index is 1.64. The van der Waals surface area contributed by atoms with Crippen molar-refractivity contribution in [2.24, 2.45) is 0 Å². The zero-order valence-electron chi connectivity index (χ0n) is 15.8. The second-order valence-electron chi connectivity index (χ2n) is 7.41. The van der Waals surface area contributed by atoms with Gasteiger partial charge in [0.1, 0.15) is 11.5 Å². The lowest BCUT2D eigenvalue weighted by Gasteiger charge is -2.09. The highest BCUT2D eigenvalue weighted by atomic mass is 19.1. The molecule has 1 aliphatic carbocycles. The summed E-state index contributed by atoms with van der Waals surface area (Å²) in [6, 6.07) is 15.5. The number of aryl methyl sites for hydroxylation is 1. The van der Waals surface area contributed by atoms with Gasteiger partial charge in [0.25, 0.3) is 11.6 Å². The minimum atomic E-state index is -0.410. The topological polar surface area (TPSA) is 68.0 Å². The van der Waals surface area contributed by atoms with Crippen molar-refractivity contribution in [1.29, 1.82) is 0 Å². The minimum absolute atomic E-state index is 0.341. The van der Waals surface area contributed by atoms with E-state index < -0.39 is 5.82 Å². The maximum absolute atomic E-state index is 13.5. The van der Waals surface area contributed by atoms with Crippen LogP contribution < -0.4 is 5.32 Å². The number of amides is 1. The molecular formula is C23H18FN3O2. The number of rotatable bonds is 4. The Morgan fingerprint density at radius 2 is 1.93 bits per heavy atom. The van der Waals surface area contributed by atoms with E-state index in [1.807, 2.05) is 37.3 Å². The van der Waals surface area contributed by atoms with Crippen molar-refractivity contribution in [1.82, 2.24) is 10.1 Å². The van der Waals surface area contributed by atoms with E-state index in [0.717, 1.165) is 29.7 Å². The normalized spacial score (nSPS) is 13.6. The van der Waals surface area contributed by atoms with E-state index in [0.29, 0.717) is 34.0 Å². The number of hydrogen-bond donors (Lipinski definition) is 1. The summed E-state index contributed by atoms with van der Waals surface area (Å²) in [4.78, 5) is 17.7. The van der Waals surface area contributed by atoms with E-state index >= 15 is 0 Å². The third kappa shape index (κ3) is 3.38. The molecular weight excluding hydrogens is 369 g/mol. The lowest BCUT2D eigenvalue weighted by molar-refractivity contribution is 0.102. The third-order valence-electron chi connectivity index (χ3n) is 5.11. The molecule has 1 aliphatic rings. The molecule has 6 heteroatoms. The smallest absolute Gasteiger partial charge is 0.259 e. The minimum Gasteiger partial charge on any atom is -0.335 e. The lowest BCUT2D eigenvalue weighted by atomic mass is 10.0. The summed E-state index contributed by atoms with van der Waals surface area (Å²) in [6.07, 6.45) is 2.09. The predicted molar refractivity (Wildman–Crippen MR) is 108 cm³/mol. The number of aromatic nitrogens is 2. The lowest BCUT2D eigenvalue weighted by Crippen LogP contribution is -2.13. The first-order valence-electron chi connectivity index (χ1n) is 9.53. The molecule has 2 aromatic heterocycles. The van der Waals surface area contributed by atoms with Crippen LogP contribution in [0.5, 0.6) is 0 Å². The van der Waals surface area contributed by atoms with Crippen LogP contribution in [0, 0.1) is 12.7 Å². The average molecular weight is 387 g/mol. The fourth-order valence-electron chi connectivity index (χ4n) is 3.41. The number of nitrogens with zero attached hydrogens (tertiary/aromatic N) is 2. The van der Waals surface area contributed by atoms with Crippen molar-refractivity contribution in [3.05, 3.63) is 77.2 Å². The van der Waals surface area contributed by atoms with Gasteiger partial charge < -0.3 is 9.84 Å². The Bertz CT molecular complexity index is 1230. The predicted octanol–water partition coefficient (Wildman–Crippen LogP) is 5.47. The molecule has 0 radical (unpaired) electrons. The first kappa shape index (κ1) is 17.6. The molecule has 0 aliphatic heterocycles. The van der Waals surface area contributed by atoms with Crippen LogP contribution in [-0.4, -0.2) is 16.0 Å². The molecule has 29 heavy (non-hydrogen) atoms. The number of benzene rings is 2. The van der Waals surface area contributed by atoms with Gasteiger partial charge in [-0.1, -0.05) is 41.1 Å². The number of anilines is 1. The van der Waals surface area contributed by atoms with E-state index in [2.05, 4.69) is 15.5 Å². The number of nitrogens with one attached hydrogen (secondary N) is 1. The molecule has 5 rings (SSSR count). The summed E-state index contributed by atoms with van der Waals surface area (Å²) in [7, 11) is 0. The van der Waals surface area contributed by atoms with Crippen LogP contribution in [-0.2, 0) is 0 Å². The van der Waals surface area contributed by atoms with Crippen LogP contribution in [0.15, 0.2) is 59.1 Å². The summed E-state index contributed by atoms with van der Waals surface area (Å²) < 4.78 is 19.0. The molecule has 1 fully saturated rings. The van der Waals surface area contributed by atoms with Gasteiger partial charge in [-0.25, -0.2) is 9.37 Å². The fourth-order valence-corrected chi connectivity index (χ4v) is 3.41. The number of hydrogen-bond acceptors (Lipinski definition) is 4. The maximum atomic E-state index is 13.5. The largest absolute Gasteiger partial charge is 0.335 e. The van der Waals surface area contributed by atoms with Crippen LogP contribution in [0.25, 0.3) is 22.4 Å². The van der Waals surface area contributed by atoms with Crippen molar-refractivity contribution in [2.45, 2.75) is 25.7 Å². The summed E-state index contributed by atoms with van der Waals surface area (Å²) in [6.45, 7) is 2.01. The van der Waals surface area contributed by atoms with E-state index in [4.69, 9.17) is 4.52 Å². The first-order valence-corrected chi connectivity index (χ1v) is 9.53. The molecule has 4 aromatic rings. The van der Waals surface area contributed by atoms with Crippen LogP contribution >= 0.6 is 0 Å². The number of pyridine rings is 1. The van der Waals surface area contributed by atoms with Gasteiger partial charge in [0, 0.05) is 22.9 Å². The van der Waals surface area contributed by atoms with Gasteiger partial charge in [0.15, 0.2) is 0 Å². The molecule has 0 bridgehead atoms. The molecule has 2 aromatic carbocycles. The van der Waals surface area contributed by atoms with Crippen LogP contribution in [0.1, 0.15) is 40.4 Å². The van der Waals surface area contributed by atoms with Gasteiger partial charge in [-0.05, 0) is 44.0 Å². The van der Waals surface area contributed by atoms with Crippen molar-refractivity contribution in [2.75, 3.05) is 5.32 Å². The van der Waals surface area contributed by atoms with E-state index in [-0.39, 0.29) is 5.91 Å². The Morgan fingerprint density at radius 1 is 1.14 bits per heavy atom. The van der Waals surface area contributed by atoms with Gasteiger partial charge in [0.05, 0.1) is 10.9 Å².